The lowest BCUT2D eigenvalue weighted by Crippen LogP contribution is -2.36. The van der Waals surface area contributed by atoms with Gasteiger partial charge in [-0.3, -0.25) is 4.98 Å². The molecule has 94 valence electrons. The molecule has 2 aromatic rings. The van der Waals surface area contributed by atoms with Gasteiger partial charge in [0.25, 0.3) is 0 Å². The second-order valence-electron chi connectivity index (χ2n) is 5.20. The van der Waals surface area contributed by atoms with Gasteiger partial charge in [-0.15, -0.1) is 0 Å². The van der Waals surface area contributed by atoms with Gasteiger partial charge in [-0.25, -0.2) is 4.39 Å². The minimum absolute atomic E-state index is 0.0318. The van der Waals surface area contributed by atoms with Crippen molar-refractivity contribution in [1.29, 1.82) is 0 Å². The maximum absolute atomic E-state index is 15.2. The summed E-state index contributed by atoms with van der Waals surface area (Å²) in [5.41, 5.74) is 6.25. The summed E-state index contributed by atoms with van der Waals surface area (Å²) in [4.78, 5) is 4.29. The molecule has 3 rings (SSSR count). The molecule has 2 nitrogen and oxygen atoms in total. The molecule has 0 amide bonds. The molecular formula is C15H17FN2. The maximum atomic E-state index is 15.2. The Kier molecular flexibility index (Phi) is 2.78. The molecule has 0 saturated heterocycles. The summed E-state index contributed by atoms with van der Waals surface area (Å²) in [6.07, 6.45) is 4.50. The Morgan fingerprint density at radius 2 is 2.17 bits per heavy atom. The van der Waals surface area contributed by atoms with Crippen LogP contribution in [0, 0.1) is 0 Å². The van der Waals surface area contributed by atoms with E-state index in [1.807, 2.05) is 30.3 Å². The van der Waals surface area contributed by atoms with E-state index in [9.17, 15) is 0 Å². The monoisotopic (exact) mass is 244 g/mol. The van der Waals surface area contributed by atoms with Gasteiger partial charge in [0.15, 0.2) is 0 Å². The Bertz CT molecular complexity index is 564. The number of aromatic nitrogens is 1. The van der Waals surface area contributed by atoms with Crippen LogP contribution >= 0.6 is 0 Å². The molecular weight excluding hydrogens is 227 g/mol. The molecule has 0 aliphatic heterocycles. The quantitative estimate of drug-likeness (QED) is 0.836. The predicted octanol–water partition coefficient (Wildman–Crippen LogP) is 3.30. The van der Waals surface area contributed by atoms with E-state index in [0.717, 1.165) is 29.3 Å². The molecule has 0 radical (unpaired) electrons. The first-order valence-corrected chi connectivity index (χ1v) is 6.48. The van der Waals surface area contributed by atoms with Gasteiger partial charge in [0.2, 0.25) is 0 Å². The van der Waals surface area contributed by atoms with E-state index in [0.29, 0.717) is 12.8 Å². The molecule has 2 atom stereocenters. The van der Waals surface area contributed by atoms with Gasteiger partial charge in [0.1, 0.15) is 5.67 Å². The normalized spacial score (nSPS) is 28.4. The topological polar surface area (TPSA) is 38.9 Å². The van der Waals surface area contributed by atoms with Gasteiger partial charge in [0, 0.05) is 24.0 Å². The first-order chi connectivity index (χ1) is 8.69. The molecule has 1 saturated carbocycles. The second-order valence-corrected chi connectivity index (χ2v) is 5.20. The van der Waals surface area contributed by atoms with E-state index in [-0.39, 0.29) is 6.04 Å². The molecule has 1 aliphatic rings. The highest BCUT2D eigenvalue weighted by Gasteiger charge is 2.37. The highest BCUT2D eigenvalue weighted by Crippen LogP contribution is 2.42. The summed E-state index contributed by atoms with van der Waals surface area (Å²) in [5.74, 6) is 0. The van der Waals surface area contributed by atoms with Crippen molar-refractivity contribution in [2.24, 2.45) is 5.73 Å². The van der Waals surface area contributed by atoms with Crippen LogP contribution in [0.15, 0.2) is 36.5 Å². The van der Waals surface area contributed by atoms with Gasteiger partial charge in [0.05, 0.1) is 5.52 Å². The Morgan fingerprint density at radius 3 is 3.00 bits per heavy atom. The molecule has 1 fully saturated rings. The lowest BCUT2D eigenvalue weighted by molar-refractivity contribution is 0.0964. The number of hydrogen-bond acceptors (Lipinski definition) is 2. The highest BCUT2D eigenvalue weighted by molar-refractivity contribution is 5.82. The van der Waals surface area contributed by atoms with Crippen LogP contribution in [0.3, 0.4) is 0 Å². The van der Waals surface area contributed by atoms with E-state index in [2.05, 4.69) is 4.98 Å². The molecule has 0 bridgehead atoms. The number of halogens is 1. The molecule has 1 aromatic heterocycles. The van der Waals surface area contributed by atoms with Crippen molar-refractivity contribution in [3.05, 3.63) is 42.1 Å². The number of nitrogens with zero attached hydrogens (tertiary/aromatic N) is 1. The minimum Gasteiger partial charge on any atom is -0.328 e. The number of fused-ring (bicyclic) bond motifs is 1. The first-order valence-electron chi connectivity index (χ1n) is 6.48. The molecule has 1 aromatic carbocycles. The Labute approximate surface area is 106 Å². The van der Waals surface area contributed by atoms with Crippen molar-refractivity contribution in [3.8, 4) is 0 Å². The van der Waals surface area contributed by atoms with Crippen molar-refractivity contribution < 1.29 is 4.39 Å². The molecule has 3 heteroatoms. The highest BCUT2D eigenvalue weighted by atomic mass is 19.1. The predicted molar refractivity (Wildman–Crippen MR) is 71.0 cm³/mol. The third kappa shape index (κ3) is 1.89. The van der Waals surface area contributed by atoms with Crippen LogP contribution in [0.25, 0.3) is 10.9 Å². The zero-order chi connectivity index (χ0) is 12.6. The fourth-order valence-electron chi connectivity index (χ4n) is 3.00. The minimum atomic E-state index is -1.29. The van der Waals surface area contributed by atoms with E-state index < -0.39 is 5.67 Å². The summed E-state index contributed by atoms with van der Waals surface area (Å²) >= 11 is 0. The van der Waals surface area contributed by atoms with Gasteiger partial charge in [-0.1, -0.05) is 18.2 Å². The molecule has 18 heavy (non-hydrogen) atoms. The number of hydrogen-bond donors (Lipinski definition) is 1. The fourth-order valence-corrected chi connectivity index (χ4v) is 3.00. The lowest BCUT2D eigenvalue weighted by atomic mass is 9.78. The summed E-state index contributed by atoms with van der Waals surface area (Å²) in [7, 11) is 0. The number of benzene rings is 1. The van der Waals surface area contributed by atoms with Gasteiger partial charge < -0.3 is 5.73 Å². The van der Waals surface area contributed by atoms with E-state index in [4.69, 9.17) is 5.73 Å². The molecule has 1 aliphatic carbocycles. The van der Waals surface area contributed by atoms with Crippen molar-refractivity contribution in [2.75, 3.05) is 0 Å². The molecule has 2 unspecified atom stereocenters. The van der Waals surface area contributed by atoms with Crippen molar-refractivity contribution in [3.63, 3.8) is 0 Å². The summed E-state index contributed by atoms with van der Waals surface area (Å²) in [5, 5.41) is 0.914. The number of nitrogens with two attached hydrogens (primary N) is 1. The van der Waals surface area contributed by atoms with Crippen LogP contribution in [0.2, 0.25) is 0 Å². The second kappa shape index (κ2) is 4.32. The zero-order valence-electron chi connectivity index (χ0n) is 10.3. The molecule has 0 spiro atoms. The third-order valence-electron chi connectivity index (χ3n) is 3.86. The average molecular weight is 244 g/mol. The Balaban J connectivity index is 2.13. The van der Waals surface area contributed by atoms with Crippen LogP contribution in [-0.2, 0) is 5.67 Å². The fraction of sp³-hybridized carbons (Fsp3) is 0.400. The van der Waals surface area contributed by atoms with E-state index >= 15 is 4.39 Å². The molecule has 2 N–H and O–H groups in total. The summed E-state index contributed by atoms with van der Waals surface area (Å²) in [6.45, 7) is 0. The van der Waals surface area contributed by atoms with Gasteiger partial charge >= 0.3 is 0 Å². The summed E-state index contributed by atoms with van der Waals surface area (Å²) in [6, 6.07) is 9.45. The lowest BCUT2D eigenvalue weighted by Gasteiger charge is -2.34. The number of rotatable bonds is 1. The van der Waals surface area contributed by atoms with Crippen molar-refractivity contribution in [2.45, 2.75) is 37.4 Å². The Hall–Kier alpha value is -1.48. The Morgan fingerprint density at radius 1 is 1.28 bits per heavy atom. The molecule has 1 heterocycles. The first kappa shape index (κ1) is 11.6. The van der Waals surface area contributed by atoms with Crippen LogP contribution < -0.4 is 5.73 Å². The van der Waals surface area contributed by atoms with Gasteiger partial charge in [-0.05, 0) is 37.0 Å². The van der Waals surface area contributed by atoms with Crippen LogP contribution in [0.5, 0.6) is 0 Å². The smallest absolute Gasteiger partial charge is 0.138 e. The SMILES string of the molecule is NC1CCCC(F)(c2cccc3ncccc23)C1. The average Bonchev–Trinajstić information content (AvgIpc) is 2.38. The van der Waals surface area contributed by atoms with E-state index in [1.54, 1.807) is 6.20 Å². The van der Waals surface area contributed by atoms with E-state index in [1.165, 1.54) is 0 Å². The van der Waals surface area contributed by atoms with Crippen LogP contribution in [0.4, 0.5) is 4.39 Å². The third-order valence-corrected chi connectivity index (χ3v) is 3.86. The maximum Gasteiger partial charge on any atom is 0.138 e. The zero-order valence-corrected chi connectivity index (χ0v) is 10.3. The van der Waals surface area contributed by atoms with Crippen LogP contribution in [-0.4, -0.2) is 11.0 Å². The van der Waals surface area contributed by atoms with Crippen molar-refractivity contribution >= 4 is 10.9 Å². The standard InChI is InChI=1S/C15H17FN2/c16-15(8-2-4-11(17)10-15)13-6-1-7-14-12(13)5-3-9-18-14/h1,3,5-7,9,11H,2,4,8,10,17H2. The number of pyridine rings is 1. The summed E-state index contributed by atoms with van der Waals surface area (Å²) < 4.78 is 15.2. The largest absolute Gasteiger partial charge is 0.328 e. The number of alkyl halides is 1. The van der Waals surface area contributed by atoms with Crippen LogP contribution in [0.1, 0.15) is 31.2 Å². The van der Waals surface area contributed by atoms with Crippen molar-refractivity contribution in [1.82, 2.24) is 4.98 Å². The van der Waals surface area contributed by atoms with Gasteiger partial charge in [-0.2, -0.15) is 0 Å².